The minimum absolute atomic E-state index is 0.0103. The zero-order valence-corrected chi connectivity index (χ0v) is 16.1. The second-order valence-corrected chi connectivity index (χ2v) is 8.80. The van der Waals surface area contributed by atoms with E-state index >= 15 is 0 Å². The van der Waals surface area contributed by atoms with Crippen molar-refractivity contribution in [2.45, 2.75) is 6.42 Å². The first kappa shape index (κ1) is 18.9. The fraction of sp³-hybridized carbons (Fsp3) is 0.500. The monoisotopic (exact) mass is 378 g/mol. The topological polar surface area (TPSA) is 74.7 Å². The van der Waals surface area contributed by atoms with Gasteiger partial charge in [-0.15, -0.1) is 0 Å². The van der Waals surface area contributed by atoms with E-state index in [0.29, 0.717) is 39.1 Å². The van der Waals surface area contributed by atoms with Gasteiger partial charge in [-0.1, -0.05) is 18.2 Å². The number of rotatable bonds is 6. The Hall–Kier alpha value is -1.90. The lowest BCUT2D eigenvalue weighted by atomic mass is 10.1. The third-order valence-corrected chi connectivity index (χ3v) is 6.18. The lowest BCUT2D eigenvalue weighted by molar-refractivity contribution is -0.120. The largest absolute Gasteiger partial charge is 0.355 e. The van der Waals surface area contributed by atoms with E-state index in [1.165, 1.54) is 10.6 Å². The molecular formula is C18H26N4O3S. The van der Waals surface area contributed by atoms with E-state index in [1.54, 1.807) is 0 Å². The summed E-state index contributed by atoms with van der Waals surface area (Å²) >= 11 is 0. The average molecular weight is 378 g/mol. The van der Waals surface area contributed by atoms with E-state index in [1.807, 2.05) is 42.1 Å². The van der Waals surface area contributed by atoms with Crippen molar-refractivity contribution < 1.29 is 13.2 Å². The average Bonchev–Trinajstić information content (AvgIpc) is 2.91. The van der Waals surface area contributed by atoms with Crippen LogP contribution in [0.5, 0.6) is 0 Å². The fourth-order valence-electron chi connectivity index (χ4n) is 3.44. The minimum Gasteiger partial charge on any atom is -0.355 e. The summed E-state index contributed by atoms with van der Waals surface area (Å²) in [7, 11) is -1.11. The van der Waals surface area contributed by atoms with Gasteiger partial charge in [-0.25, -0.2) is 8.42 Å². The predicted molar refractivity (Wildman–Crippen MR) is 102 cm³/mol. The van der Waals surface area contributed by atoms with Crippen LogP contribution >= 0.6 is 0 Å². The highest BCUT2D eigenvalue weighted by atomic mass is 32.2. The van der Waals surface area contributed by atoms with Crippen LogP contribution in [-0.2, 0) is 28.3 Å². The third kappa shape index (κ3) is 4.44. The van der Waals surface area contributed by atoms with Crippen LogP contribution in [0.1, 0.15) is 5.56 Å². The number of carbonyl (C=O) groups is 1. The Kier molecular flexibility index (Phi) is 5.64. The molecule has 2 aromatic rings. The molecule has 3 rings (SSSR count). The molecule has 0 radical (unpaired) electrons. The SMILES string of the molecule is Cn1cc(CC(=O)NCCN2CCN(S(C)(=O)=O)CC2)c2ccccc21. The summed E-state index contributed by atoms with van der Waals surface area (Å²) in [6.07, 6.45) is 3.62. The lowest BCUT2D eigenvalue weighted by Crippen LogP contribution is -2.49. The molecule has 7 nitrogen and oxygen atoms in total. The Morgan fingerprint density at radius 3 is 2.54 bits per heavy atom. The van der Waals surface area contributed by atoms with Gasteiger partial charge in [-0.3, -0.25) is 9.69 Å². The van der Waals surface area contributed by atoms with Crippen LogP contribution in [-0.4, -0.2) is 73.6 Å². The van der Waals surface area contributed by atoms with Crippen molar-refractivity contribution in [2.24, 2.45) is 7.05 Å². The summed E-state index contributed by atoms with van der Waals surface area (Å²) < 4.78 is 26.6. The number of aryl methyl sites for hydroxylation is 1. The number of sulfonamides is 1. The summed E-state index contributed by atoms with van der Waals surface area (Å²) in [5, 5.41) is 4.09. The zero-order chi connectivity index (χ0) is 18.7. The van der Waals surface area contributed by atoms with E-state index in [0.717, 1.165) is 23.0 Å². The van der Waals surface area contributed by atoms with Crippen molar-refractivity contribution >= 4 is 26.8 Å². The van der Waals surface area contributed by atoms with Gasteiger partial charge in [-0.2, -0.15) is 4.31 Å². The van der Waals surface area contributed by atoms with Crippen LogP contribution in [0.4, 0.5) is 0 Å². The van der Waals surface area contributed by atoms with Crippen LogP contribution in [0.2, 0.25) is 0 Å². The van der Waals surface area contributed by atoms with Gasteiger partial charge in [0.2, 0.25) is 15.9 Å². The summed E-state index contributed by atoms with van der Waals surface area (Å²) in [5.41, 5.74) is 2.15. The summed E-state index contributed by atoms with van der Waals surface area (Å²) in [6.45, 7) is 3.74. The standard InChI is InChI=1S/C18H26N4O3S/c1-20-14-15(16-5-3-4-6-17(16)20)13-18(23)19-7-8-21-9-11-22(12-10-21)26(2,24)25/h3-6,14H,7-13H2,1-2H3,(H,19,23). The highest BCUT2D eigenvalue weighted by molar-refractivity contribution is 7.88. The summed E-state index contributed by atoms with van der Waals surface area (Å²) in [5.74, 6) is 0.0103. The number of nitrogens with zero attached hydrogens (tertiary/aromatic N) is 3. The number of hydrogen-bond donors (Lipinski definition) is 1. The molecule has 1 aliphatic heterocycles. The molecule has 1 N–H and O–H groups in total. The van der Waals surface area contributed by atoms with Crippen LogP contribution in [0, 0.1) is 0 Å². The van der Waals surface area contributed by atoms with Crippen molar-refractivity contribution in [2.75, 3.05) is 45.5 Å². The lowest BCUT2D eigenvalue weighted by Gasteiger charge is -2.33. The van der Waals surface area contributed by atoms with Gasteiger partial charge in [0.1, 0.15) is 0 Å². The van der Waals surface area contributed by atoms with Crippen molar-refractivity contribution in [1.29, 1.82) is 0 Å². The molecule has 1 aromatic carbocycles. The molecular weight excluding hydrogens is 352 g/mol. The van der Waals surface area contributed by atoms with E-state index in [4.69, 9.17) is 0 Å². The summed E-state index contributed by atoms with van der Waals surface area (Å²) in [6, 6.07) is 8.07. The highest BCUT2D eigenvalue weighted by Gasteiger charge is 2.23. The quantitative estimate of drug-likeness (QED) is 0.790. The number of hydrogen-bond acceptors (Lipinski definition) is 4. The molecule has 0 saturated carbocycles. The van der Waals surface area contributed by atoms with E-state index in [9.17, 15) is 13.2 Å². The molecule has 0 spiro atoms. The number of nitrogens with one attached hydrogen (secondary N) is 1. The maximum atomic E-state index is 12.3. The van der Waals surface area contributed by atoms with Gasteiger partial charge in [0, 0.05) is 63.4 Å². The molecule has 1 aromatic heterocycles. The second kappa shape index (κ2) is 7.77. The van der Waals surface area contributed by atoms with E-state index < -0.39 is 10.0 Å². The molecule has 0 aliphatic carbocycles. The van der Waals surface area contributed by atoms with Gasteiger partial charge < -0.3 is 9.88 Å². The Morgan fingerprint density at radius 2 is 1.85 bits per heavy atom. The Bertz CT molecular complexity index is 883. The van der Waals surface area contributed by atoms with Crippen LogP contribution in [0.3, 0.4) is 0 Å². The van der Waals surface area contributed by atoms with Crippen molar-refractivity contribution in [1.82, 2.24) is 19.1 Å². The molecule has 2 heterocycles. The van der Waals surface area contributed by atoms with Crippen LogP contribution in [0.15, 0.2) is 30.5 Å². The van der Waals surface area contributed by atoms with Gasteiger partial charge in [0.15, 0.2) is 0 Å². The number of aromatic nitrogens is 1. The molecule has 0 atom stereocenters. The number of benzene rings is 1. The van der Waals surface area contributed by atoms with Gasteiger partial charge in [-0.05, 0) is 11.6 Å². The molecule has 8 heteroatoms. The molecule has 142 valence electrons. The molecule has 1 aliphatic rings. The first-order valence-corrected chi connectivity index (χ1v) is 10.7. The van der Waals surface area contributed by atoms with Crippen molar-refractivity contribution in [3.63, 3.8) is 0 Å². The number of carbonyl (C=O) groups excluding carboxylic acids is 1. The number of piperazine rings is 1. The number of para-hydroxylation sites is 1. The normalized spacial score (nSPS) is 16.8. The minimum atomic E-state index is -3.10. The molecule has 0 bridgehead atoms. The Labute approximate surface area is 154 Å². The molecule has 26 heavy (non-hydrogen) atoms. The second-order valence-electron chi connectivity index (χ2n) is 6.81. The molecule has 1 saturated heterocycles. The summed E-state index contributed by atoms with van der Waals surface area (Å²) in [4.78, 5) is 14.4. The van der Waals surface area contributed by atoms with Crippen molar-refractivity contribution in [3.8, 4) is 0 Å². The number of fused-ring (bicyclic) bond motifs is 1. The van der Waals surface area contributed by atoms with Crippen LogP contribution in [0.25, 0.3) is 10.9 Å². The first-order valence-electron chi connectivity index (χ1n) is 8.82. The van der Waals surface area contributed by atoms with Crippen LogP contribution < -0.4 is 5.32 Å². The smallest absolute Gasteiger partial charge is 0.224 e. The maximum Gasteiger partial charge on any atom is 0.224 e. The van der Waals surface area contributed by atoms with Gasteiger partial charge in [0.25, 0.3) is 0 Å². The van der Waals surface area contributed by atoms with Gasteiger partial charge >= 0.3 is 0 Å². The third-order valence-electron chi connectivity index (χ3n) is 4.88. The Balaban J connectivity index is 1.45. The predicted octanol–water partition coefficient (Wildman–Crippen LogP) is 0.414. The number of amides is 1. The van der Waals surface area contributed by atoms with E-state index in [-0.39, 0.29) is 5.91 Å². The van der Waals surface area contributed by atoms with Crippen molar-refractivity contribution in [3.05, 3.63) is 36.0 Å². The molecule has 1 fully saturated rings. The first-order chi connectivity index (χ1) is 12.3. The fourth-order valence-corrected chi connectivity index (χ4v) is 4.27. The Morgan fingerprint density at radius 1 is 1.15 bits per heavy atom. The highest BCUT2D eigenvalue weighted by Crippen LogP contribution is 2.20. The zero-order valence-electron chi connectivity index (χ0n) is 15.3. The molecule has 0 unspecified atom stereocenters. The maximum absolute atomic E-state index is 12.3. The van der Waals surface area contributed by atoms with Gasteiger partial charge in [0.05, 0.1) is 12.7 Å². The van der Waals surface area contributed by atoms with E-state index in [2.05, 4.69) is 10.2 Å². The molecule has 1 amide bonds.